The zero-order valence-electron chi connectivity index (χ0n) is 17.7. The summed E-state index contributed by atoms with van der Waals surface area (Å²) < 4.78 is 58.3. The Morgan fingerprint density at radius 1 is 1.09 bits per heavy atom. The summed E-state index contributed by atoms with van der Waals surface area (Å²) in [5.74, 6) is -1.51. The first-order valence-corrected chi connectivity index (χ1v) is 10.4. The lowest BCUT2D eigenvalue weighted by Crippen LogP contribution is -2.21. The number of rotatable bonds is 7. The van der Waals surface area contributed by atoms with E-state index in [9.17, 15) is 22.4 Å². The monoisotopic (exact) mass is 512 g/mol. The van der Waals surface area contributed by atoms with E-state index in [2.05, 4.69) is 6.58 Å². The fraction of sp³-hybridized carbons (Fsp3) is 0.125. The van der Waals surface area contributed by atoms with Crippen molar-refractivity contribution in [3.05, 3.63) is 88.2 Å². The van der Waals surface area contributed by atoms with Gasteiger partial charge in [-0.25, -0.2) is 4.39 Å². The van der Waals surface area contributed by atoms with Gasteiger partial charge in [0, 0.05) is 28.9 Å². The van der Waals surface area contributed by atoms with Crippen LogP contribution < -0.4 is 15.4 Å². The zero-order chi connectivity index (χ0) is 25.2. The molecule has 34 heavy (non-hydrogen) atoms. The molecule has 0 heterocycles. The lowest BCUT2D eigenvalue weighted by atomic mass is 10.0. The van der Waals surface area contributed by atoms with Gasteiger partial charge in [0.2, 0.25) is 5.91 Å². The third-order valence-corrected chi connectivity index (χ3v) is 5.58. The van der Waals surface area contributed by atoms with E-state index in [1.54, 1.807) is 6.07 Å². The minimum absolute atomic E-state index is 0.00489. The lowest BCUT2D eigenvalue weighted by Gasteiger charge is -2.26. The standard InChI is InChI=1S/C24H18Cl2F4N2O2/c1-13(22-18(26)4-3-5-19(22)27)32(2)20-9-7-14(11-21(20)34-12-24(28,29)30)16-10-15(23(31)33)6-8-17(16)25/h3-11H,1,12H2,2H3,(H2,31,33). The lowest BCUT2D eigenvalue weighted by molar-refractivity contribution is -0.153. The Balaban J connectivity index is 2.10. The molecule has 0 spiro atoms. The van der Waals surface area contributed by atoms with Gasteiger partial charge in [-0.1, -0.05) is 41.9 Å². The minimum Gasteiger partial charge on any atom is -0.482 e. The fourth-order valence-corrected chi connectivity index (χ4v) is 3.72. The summed E-state index contributed by atoms with van der Waals surface area (Å²) in [7, 11) is 1.49. The molecule has 0 unspecified atom stereocenters. The van der Waals surface area contributed by atoms with Crippen LogP contribution >= 0.6 is 23.2 Å². The predicted octanol–water partition coefficient (Wildman–Crippen LogP) is 6.95. The predicted molar refractivity (Wildman–Crippen MR) is 126 cm³/mol. The summed E-state index contributed by atoms with van der Waals surface area (Å²) in [5.41, 5.74) is 6.48. The number of carbonyl (C=O) groups excluding carboxylic acids is 1. The summed E-state index contributed by atoms with van der Waals surface area (Å²) in [4.78, 5) is 12.9. The van der Waals surface area contributed by atoms with Gasteiger partial charge in [-0.2, -0.15) is 13.2 Å². The van der Waals surface area contributed by atoms with E-state index in [-0.39, 0.29) is 38.3 Å². The Labute approximate surface area is 203 Å². The van der Waals surface area contributed by atoms with Gasteiger partial charge in [0.25, 0.3) is 0 Å². The molecule has 3 rings (SSSR count). The maximum Gasteiger partial charge on any atom is 0.422 e. The fourth-order valence-electron chi connectivity index (χ4n) is 3.22. The van der Waals surface area contributed by atoms with Crippen LogP contribution in [0, 0.1) is 5.82 Å². The number of carbonyl (C=O) groups is 1. The molecule has 0 aliphatic carbocycles. The highest BCUT2D eigenvalue weighted by Gasteiger charge is 2.29. The molecule has 4 nitrogen and oxygen atoms in total. The highest BCUT2D eigenvalue weighted by molar-refractivity contribution is 6.33. The van der Waals surface area contributed by atoms with Crippen LogP contribution in [0.3, 0.4) is 0 Å². The first-order valence-electron chi connectivity index (χ1n) is 9.69. The molecule has 2 N–H and O–H groups in total. The number of alkyl halides is 3. The molecular weight excluding hydrogens is 495 g/mol. The first kappa shape index (κ1) is 25.4. The number of primary amides is 1. The Bertz CT molecular complexity index is 1240. The quantitative estimate of drug-likeness (QED) is 0.348. The van der Waals surface area contributed by atoms with Gasteiger partial charge in [-0.15, -0.1) is 0 Å². The topological polar surface area (TPSA) is 55.6 Å². The van der Waals surface area contributed by atoms with Gasteiger partial charge in [-0.3, -0.25) is 4.79 Å². The minimum atomic E-state index is -4.61. The summed E-state index contributed by atoms with van der Waals surface area (Å²) in [5, 5.41) is 0.330. The van der Waals surface area contributed by atoms with Crippen LogP contribution in [0.15, 0.2) is 61.2 Å². The van der Waals surface area contributed by atoms with Crippen molar-refractivity contribution < 1.29 is 27.1 Å². The Hall–Kier alpha value is -3.23. The number of halogens is 6. The van der Waals surface area contributed by atoms with Crippen LogP contribution in [-0.4, -0.2) is 25.7 Å². The van der Waals surface area contributed by atoms with Crippen LogP contribution in [0.1, 0.15) is 15.9 Å². The second kappa shape index (κ2) is 9.95. The molecular formula is C24H18Cl2F4N2O2. The van der Waals surface area contributed by atoms with Crippen LogP contribution in [-0.2, 0) is 0 Å². The molecule has 0 atom stereocenters. The van der Waals surface area contributed by atoms with Crippen LogP contribution in [0.2, 0.25) is 10.0 Å². The van der Waals surface area contributed by atoms with Gasteiger partial charge < -0.3 is 15.4 Å². The van der Waals surface area contributed by atoms with Gasteiger partial charge in [0.05, 0.1) is 16.3 Å². The number of amides is 1. The van der Waals surface area contributed by atoms with Crippen LogP contribution in [0.25, 0.3) is 16.8 Å². The van der Waals surface area contributed by atoms with Crippen LogP contribution in [0.5, 0.6) is 5.75 Å². The molecule has 0 saturated heterocycles. The van der Waals surface area contributed by atoms with Crippen molar-refractivity contribution in [3.63, 3.8) is 0 Å². The maximum absolute atomic E-state index is 14.4. The molecule has 3 aromatic rings. The summed E-state index contributed by atoms with van der Waals surface area (Å²) in [6.07, 6.45) is -4.61. The number of hydrogen-bond acceptors (Lipinski definition) is 3. The van der Waals surface area contributed by atoms with Gasteiger partial charge in [0.1, 0.15) is 11.6 Å². The first-order chi connectivity index (χ1) is 15.9. The van der Waals surface area contributed by atoms with Gasteiger partial charge >= 0.3 is 6.18 Å². The average Bonchev–Trinajstić information content (AvgIpc) is 2.76. The molecule has 0 saturated carbocycles. The van der Waals surface area contributed by atoms with Crippen LogP contribution in [0.4, 0.5) is 23.2 Å². The summed E-state index contributed by atoms with van der Waals surface area (Å²) >= 11 is 12.4. The van der Waals surface area contributed by atoms with Gasteiger partial charge in [-0.05, 0) is 48.0 Å². The molecule has 3 aromatic carbocycles. The van der Waals surface area contributed by atoms with Crippen molar-refractivity contribution in [1.82, 2.24) is 0 Å². The second-order valence-corrected chi connectivity index (χ2v) is 8.06. The molecule has 0 aromatic heterocycles. The molecule has 0 aliphatic rings. The average molecular weight is 513 g/mol. The Morgan fingerprint density at radius 2 is 1.79 bits per heavy atom. The summed E-state index contributed by atoms with van der Waals surface area (Å²) in [6, 6.07) is 12.8. The zero-order valence-corrected chi connectivity index (χ0v) is 19.2. The second-order valence-electron chi connectivity index (χ2n) is 7.25. The third kappa shape index (κ3) is 5.63. The van der Waals surface area contributed by atoms with Crippen molar-refractivity contribution in [2.45, 2.75) is 6.18 Å². The number of nitrogens with zero attached hydrogens (tertiary/aromatic N) is 1. The van der Waals surface area contributed by atoms with E-state index < -0.39 is 24.5 Å². The third-order valence-electron chi connectivity index (χ3n) is 4.93. The van der Waals surface area contributed by atoms with E-state index in [0.717, 1.165) is 0 Å². The highest BCUT2D eigenvalue weighted by Crippen LogP contribution is 2.40. The van der Waals surface area contributed by atoms with E-state index in [4.69, 9.17) is 33.7 Å². The Morgan fingerprint density at radius 3 is 2.41 bits per heavy atom. The largest absolute Gasteiger partial charge is 0.482 e. The number of anilines is 1. The molecule has 0 aliphatic heterocycles. The maximum atomic E-state index is 14.4. The van der Waals surface area contributed by atoms with Crippen molar-refractivity contribution in [1.29, 1.82) is 0 Å². The number of hydrogen-bond donors (Lipinski definition) is 1. The van der Waals surface area contributed by atoms with E-state index in [1.807, 2.05) is 0 Å². The number of benzene rings is 3. The van der Waals surface area contributed by atoms with E-state index in [1.165, 1.54) is 60.5 Å². The van der Waals surface area contributed by atoms with E-state index >= 15 is 0 Å². The molecule has 0 radical (unpaired) electrons. The molecule has 10 heteroatoms. The molecule has 1 amide bonds. The molecule has 0 fully saturated rings. The number of ether oxygens (including phenoxy) is 1. The van der Waals surface area contributed by atoms with Gasteiger partial charge in [0.15, 0.2) is 6.61 Å². The van der Waals surface area contributed by atoms with Crippen molar-refractivity contribution in [2.24, 2.45) is 5.73 Å². The highest BCUT2D eigenvalue weighted by atomic mass is 35.5. The number of nitrogens with two attached hydrogens (primary N) is 1. The van der Waals surface area contributed by atoms with Crippen molar-refractivity contribution in [3.8, 4) is 16.9 Å². The SMILES string of the molecule is C=C(c1c(F)cccc1Cl)N(C)c1ccc(-c2cc(C(N)=O)ccc2Cl)cc1OCC(F)(F)F. The molecule has 178 valence electrons. The van der Waals surface area contributed by atoms with E-state index in [0.29, 0.717) is 11.1 Å². The smallest absolute Gasteiger partial charge is 0.422 e. The van der Waals surface area contributed by atoms with Crippen molar-refractivity contribution >= 4 is 40.5 Å². The normalized spacial score (nSPS) is 11.3. The Kier molecular flexibility index (Phi) is 7.43. The van der Waals surface area contributed by atoms with Crippen molar-refractivity contribution in [2.75, 3.05) is 18.6 Å². The molecule has 0 bridgehead atoms. The summed E-state index contributed by atoms with van der Waals surface area (Å²) in [6.45, 7) is 2.28.